The molecule has 40 heavy (non-hydrogen) atoms. The maximum absolute atomic E-state index is 13.9. The molecule has 0 saturated carbocycles. The molecule has 2 atom stereocenters. The van der Waals surface area contributed by atoms with Crippen molar-refractivity contribution in [2.24, 2.45) is 16.3 Å². The Hall–Kier alpha value is -3.41. The molecule has 0 aliphatic rings. The van der Waals surface area contributed by atoms with Crippen LogP contribution < -0.4 is 5.32 Å². The SMILES string of the molecule is CC(C)CN(CC(O)C(Cc1ccccc1)NC(=O)O)S(=O)(=O)c1ccc2[nH]c(O)c(C=NCC(C)(C)C)c2c1. The fourth-order valence-corrected chi connectivity index (χ4v) is 6.00. The Morgan fingerprint density at radius 1 is 1.12 bits per heavy atom. The highest BCUT2D eigenvalue weighted by Gasteiger charge is 2.32. The monoisotopic (exact) mass is 572 g/mol. The highest BCUT2D eigenvalue weighted by Crippen LogP contribution is 2.30. The van der Waals surface area contributed by atoms with Crippen LogP contribution in [-0.4, -0.2) is 77.1 Å². The molecule has 0 aliphatic carbocycles. The number of benzene rings is 2. The number of aliphatic hydroxyl groups excluding tert-OH is 1. The van der Waals surface area contributed by atoms with Gasteiger partial charge in [-0.2, -0.15) is 4.31 Å². The summed E-state index contributed by atoms with van der Waals surface area (Å²) < 4.78 is 29.0. The quantitative estimate of drug-likeness (QED) is 0.205. The number of hydrogen-bond donors (Lipinski definition) is 5. The number of carbonyl (C=O) groups is 1. The lowest BCUT2D eigenvalue weighted by molar-refractivity contribution is 0.0980. The Balaban J connectivity index is 1.95. The van der Waals surface area contributed by atoms with Crippen molar-refractivity contribution in [3.8, 4) is 5.88 Å². The highest BCUT2D eigenvalue weighted by atomic mass is 32.2. The molecular weight excluding hydrogens is 532 g/mol. The molecule has 2 aromatic carbocycles. The number of aromatic hydroxyl groups is 1. The predicted octanol–water partition coefficient (Wildman–Crippen LogP) is 4.23. The Labute approximate surface area is 235 Å². The number of aromatic amines is 1. The lowest BCUT2D eigenvalue weighted by atomic mass is 9.97. The number of nitrogens with zero attached hydrogens (tertiary/aromatic N) is 2. The number of carboxylic acid groups (broad SMARTS) is 1. The number of sulfonamides is 1. The molecule has 10 nitrogen and oxygen atoms in total. The number of rotatable bonds is 12. The van der Waals surface area contributed by atoms with Crippen molar-refractivity contribution >= 4 is 33.2 Å². The van der Waals surface area contributed by atoms with E-state index in [2.05, 4.69) is 15.3 Å². The minimum Gasteiger partial charge on any atom is -0.494 e. The van der Waals surface area contributed by atoms with Gasteiger partial charge in [0.2, 0.25) is 10.0 Å². The fourth-order valence-electron chi connectivity index (χ4n) is 4.35. The standard InChI is InChI=1S/C29H40N4O6S/c1-19(2)16-33(17-26(34)25(32-28(36)37)13-20-9-7-6-8-10-20)40(38,39)21-11-12-24-22(14-21)23(27(35)31-24)15-30-18-29(3,4)5/h6-12,14-15,19,25-26,31-32,34-35H,13,16-18H2,1-5H3,(H,36,37). The Morgan fingerprint density at radius 2 is 1.80 bits per heavy atom. The third kappa shape index (κ3) is 8.30. The van der Waals surface area contributed by atoms with Crippen molar-refractivity contribution in [3.05, 3.63) is 59.7 Å². The lowest BCUT2D eigenvalue weighted by Crippen LogP contribution is -2.50. The number of fused-ring (bicyclic) bond motifs is 1. The van der Waals surface area contributed by atoms with E-state index in [4.69, 9.17) is 0 Å². The van der Waals surface area contributed by atoms with Gasteiger partial charge in [-0.25, -0.2) is 13.2 Å². The van der Waals surface area contributed by atoms with Crippen LogP contribution in [-0.2, 0) is 16.4 Å². The molecule has 1 amide bonds. The number of hydrogen-bond acceptors (Lipinski definition) is 6. The second kappa shape index (κ2) is 12.8. The van der Waals surface area contributed by atoms with Crippen molar-refractivity contribution in [1.29, 1.82) is 0 Å². The third-order valence-electron chi connectivity index (χ3n) is 6.24. The number of nitrogens with one attached hydrogen (secondary N) is 2. The summed E-state index contributed by atoms with van der Waals surface area (Å²) in [4.78, 5) is 18.8. The Morgan fingerprint density at radius 3 is 2.40 bits per heavy atom. The second-order valence-electron chi connectivity index (χ2n) is 11.7. The maximum atomic E-state index is 13.9. The minimum absolute atomic E-state index is 0.0110. The highest BCUT2D eigenvalue weighted by molar-refractivity contribution is 7.89. The molecule has 1 aromatic heterocycles. The number of aromatic nitrogens is 1. The summed E-state index contributed by atoms with van der Waals surface area (Å²) in [5.74, 6) is -0.178. The van der Waals surface area contributed by atoms with Gasteiger partial charge in [-0.3, -0.25) is 4.99 Å². The smallest absolute Gasteiger partial charge is 0.404 e. The molecule has 3 aromatic rings. The zero-order valence-corrected chi connectivity index (χ0v) is 24.4. The van der Waals surface area contributed by atoms with Gasteiger partial charge in [0.15, 0.2) is 5.88 Å². The van der Waals surface area contributed by atoms with Crippen LogP contribution in [0.25, 0.3) is 10.9 Å². The number of aliphatic imine (C=N–C) groups is 1. The first kappa shape index (κ1) is 31.1. The van der Waals surface area contributed by atoms with Gasteiger partial charge in [-0.1, -0.05) is 65.0 Å². The maximum Gasteiger partial charge on any atom is 0.404 e. The van der Waals surface area contributed by atoms with Gasteiger partial charge in [0.25, 0.3) is 0 Å². The summed E-state index contributed by atoms with van der Waals surface area (Å²) in [6.45, 7) is 10.2. The van der Waals surface area contributed by atoms with Crippen LogP contribution in [0, 0.1) is 11.3 Å². The number of aliphatic hydroxyl groups is 1. The van der Waals surface area contributed by atoms with Gasteiger partial charge >= 0.3 is 6.09 Å². The Bertz CT molecular complexity index is 1430. The van der Waals surface area contributed by atoms with Crippen molar-refractivity contribution < 1.29 is 28.5 Å². The van der Waals surface area contributed by atoms with E-state index in [0.717, 1.165) is 5.56 Å². The first-order valence-corrected chi connectivity index (χ1v) is 14.7. The van der Waals surface area contributed by atoms with Crippen molar-refractivity contribution in [3.63, 3.8) is 0 Å². The van der Waals surface area contributed by atoms with Crippen LogP contribution in [0.1, 0.15) is 45.7 Å². The predicted molar refractivity (Wildman–Crippen MR) is 157 cm³/mol. The van der Waals surface area contributed by atoms with Gasteiger partial charge in [0, 0.05) is 36.8 Å². The average molecular weight is 573 g/mol. The summed E-state index contributed by atoms with van der Waals surface area (Å²) in [5, 5.41) is 33.8. The van der Waals surface area contributed by atoms with Crippen LogP contribution >= 0.6 is 0 Å². The summed E-state index contributed by atoms with van der Waals surface area (Å²) in [6.07, 6.45) is -0.894. The Kier molecular flexibility index (Phi) is 9.99. The van der Waals surface area contributed by atoms with Crippen LogP contribution in [0.5, 0.6) is 5.88 Å². The largest absolute Gasteiger partial charge is 0.494 e. The van der Waals surface area contributed by atoms with Gasteiger partial charge in [-0.15, -0.1) is 0 Å². The van der Waals surface area contributed by atoms with E-state index in [-0.39, 0.29) is 41.6 Å². The first-order chi connectivity index (χ1) is 18.7. The molecule has 218 valence electrons. The normalized spacial score (nSPS) is 14.3. The summed E-state index contributed by atoms with van der Waals surface area (Å²) >= 11 is 0. The van der Waals surface area contributed by atoms with Gasteiger partial charge in [-0.05, 0) is 41.5 Å². The van der Waals surface area contributed by atoms with Crippen LogP contribution in [0.2, 0.25) is 0 Å². The van der Waals surface area contributed by atoms with Gasteiger partial charge < -0.3 is 25.6 Å². The fraction of sp³-hybridized carbons (Fsp3) is 0.448. The topological polar surface area (TPSA) is 155 Å². The summed E-state index contributed by atoms with van der Waals surface area (Å²) in [5.41, 5.74) is 1.69. The molecule has 0 spiro atoms. The van der Waals surface area contributed by atoms with Crippen LogP contribution in [0.3, 0.4) is 0 Å². The molecule has 2 unspecified atom stereocenters. The van der Waals surface area contributed by atoms with E-state index < -0.39 is 28.3 Å². The summed E-state index contributed by atoms with van der Waals surface area (Å²) in [7, 11) is -4.11. The zero-order chi connectivity index (χ0) is 29.7. The van der Waals surface area contributed by atoms with Gasteiger partial charge in [0.1, 0.15) is 0 Å². The van der Waals surface area contributed by atoms with Gasteiger partial charge in [0.05, 0.1) is 22.6 Å². The molecule has 0 bridgehead atoms. The lowest BCUT2D eigenvalue weighted by Gasteiger charge is -2.30. The molecule has 3 rings (SSSR count). The molecule has 0 radical (unpaired) electrons. The van der Waals surface area contributed by atoms with E-state index in [1.165, 1.54) is 22.7 Å². The second-order valence-corrected chi connectivity index (χ2v) is 13.6. The van der Waals surface area contributed by atoms with Crippen molar-refractivity contribution in [2.45, 2.75) is 58.1 Å². The van der Waals surface area contributed by atoms with E-state index in [0.29, 0.717) is 23.0 Å². The van der Waals surface area contributed by atoms with Crippen LogP contribution in [0.4, 0.5) is 4.79 Å². The third-order valence-corrected chi connectivity index (χ3v) is 8.07. The number of amides is 1. The molecule has 0 saturated heterocycles. The van der Waals surface area contributed by atoms with E-state index in [1.807, 2.05) is 65.0 Å². The molecule has 0 aliphatic heterocycles. The minimum atomic E-state index is -4.11. The molecule has 5 N–H and O–H groups in total. The van der Waals surface area contributed by atoms with E-state index in [9.17, 15) is 28.5 Å². The molecule has 11 heteroatoms. The average Bonchev–Trinajstić information content (AvgIpc) is 3.16. The molecule has 0 fully saturated rings. The summed E-state index contributed by atoms with van der Waals surface area (Å²) in [6, 6.07) is 12.7. The van der Waals surface area contributed by atoms with Crippen LogP contribution in [0.15, 0.2) is 58.4 Å². The zero-order valence-electron chi connectivity index (χ0n) is 23.6. The first-order valence-electron chi connectivity index (χ1n) is 13.2. The van der Waals surface area contributed by atoms with Crippen molar-refractivity contribution in [1.82, 2.24) is 14.6 Å². The van der Waals surface area contributed by atoms with Crippen molar-refractivity contribution in [2.75, 3.05) is 19.6 Å². The molecule has 1 heterocycles. The number of H-pyrrole nitrogens is 1. The molecular formula is C29H40N4O6S. The van der Waals surface area contributed by atoms with E-state index >= 15 is 0 Å². The van der Waals surface area contributed by atoms with E-state index in [1.54, 1.807) is 6.07 Å².